The Morgan fingerprint density at radius 1 is 1.42 bits per heavy atom. The molecule has 0 bridgehead atoms. The highest BCUT2D eigenvalue weighted by atomic mass is 19.1. The summed E-state index contributed by atoms with van der Waals surface area (Å²) in [7, 11) is 0. The van der Waals surface area contributed by atoms with Crippen LogP contribution in [0.25, 0.3) is 0 Å². The van der Waals surface area contributed by atoms with Crippen LogP contribution in [0.5, 0.6) is 0 Å². The molecule has 0 aromatic heterocycles. The third-order valence-electron chi connectivity index (χ3n) is 3.89. The summed E-state index contributed by atoms with van der Waals surface area (Å²) >= 11 is 0. The van der Waals surface area contributed by atoms with Gasteiger partial charge in [-0.05, 0) is 43.7 Å². The van der Waals surface area contributed by atoms with Crippen LogP contribution in [-0.4, -0.2) is 12.1 Å². The number of hydrogen-bond acceptors (Lipinski definition) is 3. The van der Waals surface area contributed by atoms with Gasteiger partial charge >= 0.3 is 5.97 Å². The number of benzene rings is 1. The molecule has 1 aromatic rings. The fourth-order valence-electron chi connectivity index (χ4n) is 2.71. The van der Waals surface area contributed by atoms with Crippen molar-refractivity contribution >= 4 is 11.7 Å². The average Bonchev–Trinajstić information content (AvgIpc) is 2.42. The van der Waals surface area contributed by atoms with Crippen molar-refractivity contribution in [2.45, 2.75) is 45.1 Å². The summed E-state index contributed by atoms with van der Waals surface area (Å²) in [6.45, 7) is 2.10. The number of rotatable bonds is 3. The Bertz CT molecular complexity index is 461. The van der Waals surface area contributed by atoms with Crippen molar-refractivity contribution in [3.05, 3.63) is 29.6 Å². The molecule has 2 rings (SSSR count). The van der Waals surface area contributed by atoms with Crippen molar-refractivity contribution in [3.8, 4) is 0 Å². The van der Waals surface area contributed by atoms with Gasteiger partial charge in [-0.15, -0.1) is 0 Å². The van der Waals surface area contributed by atoms with Crippen molar-refractivity contribution < 1.29 is 13.9 Å². The van der Waals surface area contributed by atoms with E-state index in [9.17, 15) is 9.18 Å². The molecule has 1 aliphatic rings. The molecule has 19 heavy (non-hydrogen) atoms. The quantitative estimate of drug-likeness (QED) is 0.672. The summed E-state index contributed by atoms with van der Waals surface area (Å²) in [5.74, 6) is -0.681. The van der Waals surface area contributed by atoms with Gasteiger partial charge in [0.25, 0.3) is 0 Å². The highest BCUT2D eigenvalue weighted by Gasteiger charge is 2.28. The monoisotopic (exact) mass is 265 g/mol. The SMILES string of the molecule is CCC1CCCCC1OC(=O)c1cccc(F)c1N. The van der Waals surface area contributed by atoms with Crippen LogP contribution in [0.3, 0.4) is 0 Å². The standard InChI is InChI=1S/C15H20FNO2/c1-2-10-6-3-4-9-13(10)19-15(18)11-7-5-8-12(16)14(11)17/h5,7-8,10,13H,2-4,6,9,17H2,1H3. The number of halogens is 1. The maximum absolute atomic E-state index is 13.3. The van der Waals surface area contributed by atoms with Gasteiger partial charge in [-0.1, -0.05) is 19.4 Å². The molecule has 0 saturated heterocycles. The third-order valence-corrected chi connectivity index (χ3v) is 3.89. The number of hydrogen-bond donors (Lipinski definition) is 1. The topological polar surface area (TPSA) is 52.3 Å². The van der Waals surface area contributed by atoms with Crippen LogP contribution >= 0.6 is 0 Å². The fraction of sp³-hybridized carbons (Fsp3) is 0.533. The lowest BCUT2D eigenvalue weighted by Crippen LogP contribution is -2.30. The van der Waals surface area contributed by atoms with E-state index in [2.05, 4.69) is 6.92 Å². The minimum atomic E-state index is -0.579. The van der Waals surface area contributed by atoms with Gasteiger partial charge in [0.2, 0.25) is 0 Å². The Hall–Kier alpha value is -1.58. The first-order valence-electron chi connectivity index (χ1n) is 6.88. The second kappa shape index (κ2) is 6.04. The Balaban J connectivity index is 2.09. The molecule has 0 amide bonds. The first-order valence-corrected chi connectivity index (χ1v) is 6.88. The Morgan fingerprint density at radius 3 is 2.89 bits per heavy atom. The van der Waals surface area contributed by atoms with Gasteiger partial charge in [0, 0.05) is 0 Å². The largest absolute Gasteiger partial charge is 0.458 e. The van der Waals surface area contributed by atoms with Crippen LogP contribution in [0.2, 0.25) is 0 Å². The second-order valence-electron chi connectivity index (χ2n) is 5.10. The third kappa shape index (κ3) is 3.06. The highest BCUT2D eigenvalue weighted by Crippen LogP contribution is 2.30. The van der Waals surface area contributed by atoms with Crippen molar-refractivity contribution in [1.29, 1.82) is 0 Å². The molecule has 1 aromatic carbocycles. The average molecular weight is 265 g/mol. The van der Waals surface area contributed by atoms with Crippen LogP contribution in [0.4, 0.5) is 10.1 Å². The van der Waals surface area contributed by atoms with Crippen LogP contribution in [0.1, 0.15) is 49.4 Å². The van der Waals surface area contributed by atoms with Gasteiger partial charge in [0.15, 0.2) is 0 Å². The smallest absolute Gasteiger partial charge is 0.340 e. The summed E-state index contributed by atoms with van der Waals surface area (Å²) in [5.41, 5.74) is 5.58. The molecular formula is C15H20FNO2. The number of carbonyl (C=O) groups excluding carboxylic acids is 1. The van der Waals surface area contributed by atoms with E-state index in [1.54, 1.807) is 0 Å². The zero-order valence-corrected chi connectivity index (χ0v) is 11.2. The fourth-order valence-corrected chi connectivity index (χ4v) is 2.71. The molecule has 0 radical (unpaired) electrons. The Kier molecular flexibility index (Phi) is 4.40. The summed E-state index contributed by atoms with van der Waals surface area (Å²) in [6, 6.07) is 4.21. The van der Waals surface area contributed by atoms with Crippen LogP contribution in [-0.2, 0) is 4.74 Å². The minimum absolute atomic E-state index is 0.0612. The Labute approximate surface area is 112 Å². The van der Waals surface area contributed by atoms with Crippen LogP contribution < -0.4 is 5.73 Å². The molecule has 2 N–H and O–H groups in total. The minimum Gasteiger partial charge on any atom is -0.458 e. The number of para-hydroxylation sites is 1. The molecule has 0 spiro atoms. The van der Waals surface area contributed by atoms with E-state index < -0.39 is 11.8 Å². The van der Waals surface area contributed by atoms with Gasteiger partial charge < -0.3 is 10.5 Å². The lowest BCUT2D eigenvalue weighted by atomic mass is 9.85. The van der Waals surface area contributed by atoms with E-state index in [0.29, 0.717) is 5.92 Å². The van der Waals surface area contributed by atoms with Gasteiger partial charge in [-0.25, -0.2) is 9.18 Å². The molecule has 2 atom stereocenters. The number of nitrogens with two attached hydrogens (primary N) is 1. The highest BCUT2D eigenvalue weighted by molar-refractivity contribution is 5.95. The molecular weight excluding hydrogens is 245 g/mol. The van der Waals surface area contributed by atoms with E-state index >= 15 is 0 Å². The van der Waals surface area contributed by atoms with E-state index in [-0.39, 0.29) is 17.4 Å². The molecule has 0 aliphatic heterocycles. The molecule has 104 valence electrons. The maximum atomic E-state index is 13.3. The molecule has 1 fully saturated rings. The summed E-state index contributed by atoms with van der Waals surface area (Å²) in [5, 5.41) is 0. The first-order chi connectivity index (χ1) is 9.13. The van der Waals surface area contributed by atoms with E-state index in [0.717, 1.165) is 25.7 Å². The van der Waals surface area contributed by atoms with E-state index in [1.165, 1.54) is 24.6 Å². The van der Waals surface area contributed by atoms with Crippen LogP contribution in [0.15, 0.2) is 18.2 Å². The number of nitrogen functional groups attached to an aromatic ring is 1. The normalized spacial score (nSPS) is 23.1. The van der Waals surface area contributed by atoms with Crippen molar-refractivity contribution in [3.63, 3.8) is 0 Å². The van der Waals surface area contributed by atoms with Crippen molar-refractivity contribution in [1.82, 2.24) is 0 Å². The van der Waals surface area contributed by atoms with Gasteiger partial charge in [-0.3, -0.25) is 0 Å². The molecule has 0 heterocycles. The lowest BCUT2D eigenvalue weighted by Gasteiger charge is -2.30. The predicted octanol–water partition coefficient (Wildman–Crippen LogP) is 3.53. The van der Waals surface area contributed by atoms with Crippen LogP contribution in [0, 0.1) is 11.7 Å². The van der Waals surface area contributed by atoms with Crippen molar-refractivity contribution in [2.24, 2.45) is 5.92 Å². The molecule has 4 heteroatoms. The molecule has 3 nitrogen and oxygen atoms in total. The Morgan fingerprint density at radius 2 is 2.16 bits per heavy atom. The first kappa shape index (κ1) is 13.8. The number of anilines is 1. The second-order valence-corrected chi connectivity index (χ2v) is 5.10. The van der Waals surface area contributed by atoms with Gasteiger partial charge in [0.05, 0.1) is 11.3 Å². The number of esters is 1. The predicted molar refractivity (Wildman–Crippen MR) is 72.3 cm³/mol. The summed E-state index contributed by atoms with van der Waals surface area (Å²) < 4.78 is 18.9. The van der Waals surface area contributed by atoms with E-state index in [4.69, 9.17) is 10.5 Å². The van der Waals surface area contributed by atoms with Gasteiger partial charge in [0.1, 0.15) is 11.9 Å². The lowest BCUT2D eigenvalue weighted by molar-refractivity contribution is 0.000785. The number of ether oxygens (including phenoxy) is 1. The summed E-state index contributed by atoms with van der Waals surface area (Å²) in [4.78, 5) is 12.1. The zero-order valence-electron chi connectivity index (χ0n) is 11.2. The number of carbonyl (C=O) groups is 1. The molecule has 1 aliphatic carbocycles. The van der Waals surface area contributed by atoms with E-state index in [1.807, 2.05) is 0 Å². The zero-order chi connectivity index (χ0) is 13.8. The molecule has 1 saturated carbocycles. The van der Waals surface area contributed by atoms with Gasteiger partial charge in [-0.2, -0.15) is 0 Å². The summed E-state index contributed by atoms with van der Waals surface area (Å²) in [6.07, 6.45) is 5.18. The van der Waals surface area contributed by atoms with Crippen molar-refractivity contribution in [2.75, 3.05) is 5.73 Å². The maximum Gasteiger partial charge on any atom is 0.340 e. The molecule has 2 unspecified atom stereocenters.